The minimum absolute atomic E-state index is 0.931. The summed E-state index contributed by atoms with van der Waals surface area (Å²) >= 11 is 0. The predicted octanol–water partition coefficient (Wildman–Crippen LogP) is 1.18. The number of rotatable bonds is 1. The van der Waals surface area contributed by atoms with Crippen LogP contribution in [0.5, 0.6) is 0 Å². The van der Waals surface area contributed by atoms with Gasteiger partial charge in [-0.15, -0.1) is 0 Å². The number of anilines is 1. The summed E-state index contributed by atoms with van der Waals surface area (Å²) in [5.74, 6) is 1.16. The lowest BCUT2D eigenvalue weighted by atomic mass is 10.3. The molecule has 1 aromatic rings. The maximum Gasteiger partial charge on any atom is 0.201 e. The first kappa shape index (κ1) is 7.85. The molecule has 0 radical (unpaired) electrons. The average molecular weight is 187 g/mol. The molecular weight excluding hydrogens is 174 g/mol. The second kappa shape index (κ2) is 3.01. The molecule has 0 amide bonds. The van der Waals surface area contributed by atoms with Crippen molar-refractivity contribution in [2.75, 3.05) is 31.1 Å². The van der Waals surface area contributed by atoms with Crippen LogP contribution in [0.2, 0.25) is 0 Å². The van der Waals surface area contributed by atoms with Gasteiger partial charge in [-0.1, -0.05) is 18.2 Å². The Morgan fingerprint density at radius 1 is 1.00 bits per heavy atom. The van der Waals surface area contributed by atoms with Gasteiger partial charge in [0.25, 0.3) is 0 Å². The van der Waals surface area contributed by atoms with Gasteiger partial charge in [0.05, 0.1) is 6.54 Å². The summed E-state index contributed by atoms with van der Waals surface area (Å²) in [4.78, 5) is 9.13. The van der Waals surface area contributed by atoms with Gasteiger partial charge in [-0.2, -0.15) is 0 Å². The first-order chi connectivity index (χ1) is 6.95. The Balaban J connectivity index is 1.88. The minimum Gasteiger partial charge on any atom is -0.339 e. The fourth-order valence-electron chi connectivity index (χ4n) is 1.81. The Kier molecular flexibility index (Phi) is 1.69. The Bertz CT molecular complexity index is 354. The van der Waals surface area contributed by atoms with Crippen molar-refractivity contribution < 1.29 is 0 Å². The molecule has 0 unspecified atom stereocenters. The summed E-state index contributed by atoms with van der Waals surface area (Å²) in [6.07, 6.45) is 0. The maximum absolute atomic E-state index is 4.52. The summed E-state index contributed by atoms with van der Waals surface area (Å²) in [6, 6.07) is 10.5. The molecule has 0 aliphatic carbocycles. The van der Waals surface area contributed by atoms with Gasteiger partial charge in [0.15, 0.2) is 0 Å². The molecule has 1 fully saturated rings. The van der Waals surface area contributed by atoms with Crippen LogP contribution < -0.4 is 4.90 Å². The van der Waals surface area contributed by atoms with E-state index >= 15 is 0 Å². The molecule has 0 atom stereocenters. The molecule has 3 nitrogen and oxygen atoms in total. The fourth-order valence-corrected chi connectivity index (χ4v) is 1.81. The van der Waals surface area contributed by atoms with E-state index in [-0.39, 0.29) is 0 Å². The lowest BCUT2D eigenvalue weighted by Gasteiger charge is -2.20. The van der Waals surface area contributed by atoms with Crippen molar-refractivity contribution in [2.45, 2.75) is 0 Å². The number of hydrogen-bond donors (Lipinski definition) is 0. The van der Waals surface area contributed by atoms with Crippen LogP contribution >= 0.6 is 0 Å². The van der Waals surface area contributed by atoms with Crippen molar-refractivity contribution >= 4 is 11.6 Å². The van der Waals surface area contributed by atoms with Gasteiger partial charge in [-0.05, 0) is 12.1 Å². The van der Waals surface area contributed by atoms with Crippen LogP contribution in [0.15, 0.2) is 35.3 Å². The highest BCUT2D eigenvalue weighted by Crippen LogP contribution is 2.21. The van der Waals surface area contributed by atoms with E-state index in [1.54, 1.807) is 0 Å². The molecule has 0 aromatic heterocycles. The molecule has 0 bridgehead atoms. The highest BCUT2D eigenvalue weighted by molar-refractivity contribution is 5.98. The monoisotopic (exact) mass is 187 g/mol. The van der Waals surface area contributed by atoms with E-state index in [2.05, 4.69) is 39.1 Å². The third-order valence-corrected chi connectivity index (χ3v) is 2.62. The van der Waals surface area contributed by atoms with E-state index in [1.165, 1.54) is 18.8 Å². The van der Waals surface area contributed by atoms with E-state index in [1.807, 2.05) is 6.07 Å². The standard InChI is InChI=1S/C11H13N3/c1-2-4-10(5-3-1)14-7-6-12-11(14)13-8-9-13/h1-5H,6-9H2. The first-order valence-corrected chi connectivity index (χ1v) is 5.07. The molecule has 1 aromatic carbocycles. The molecule has 1 saturated heterocycles. The highest BCUT2D eigenvalue weighted by atomic mass is 15.5. The molecule has 2 aliphatic rings. The number of benzene rings is 1. The van der Waals surface area contributed by atoms with E-state index in [9.17, 15) is 0 Å². The Morgan fingerprint density at radius 3 is 2.50 bits per heavy atom. The highest BCUT2D eigenvalue weighted by Gasteiger charge is 2.30. The third-order valence-electron chi connectivity index (χ3n) is 2.62. The minimum atomic E-state index is 0.931. The van der Waals surface area contributed by atoms with Crippen molar-refractivity contribution in [1.82, 2.24) is 4.90 Å². The number of aliphatic imine (C=N–C) groups is 1. The van der Waals surface area contributed by atoms with Gasteiger partial charge in [0.1, 0.15) is 0 Å². The Labute approximate surface area is 83.7 Å². The van der Waals surface area contributed by atoms with Gasteiger partial charge in [-0.3, -0.25) is 4.99 Å². The third kappa shape index (κ3) is 1.25. The number of nitrogens with zero attached hydrogens (tertiary/aromatic N) is 3. The molecule has 3 rings (SSSR count). The van der Waals surface area contributed by atoms with Gasteiger partial charge < -0.3 is 9.80 Å². The van der Waals surface area contributed by atoms with Gasteiger partial charge in [-0.25, -0.2) is 0 Å². The first-order valence-electron chi connectivity index (χ1n) is 5.07. The van der Waals surface area contributed by atoms with Crippen LogP contribution in [0.4, 0.5) is 5.69 Å². The number of hydrogen-bond acceptors (Lipinski definition) is 3. The van der Waals surface area contributed by atoms with Gasteiger partial charge >= 0.3 is 0 Å². The van der Waals surface area contributed by atoms with E-state index in [0.29, 0.717) is 0 Å². The lowest BCUT2D eigenvalue weighted by molar-refractivity contribution is 0.821. The van der Waals surface area contributed by atoms with E-state index in [0.717, 1.165) is 19.0 Å². The van der Waals surface area contributed by atoms with E-state index < -0.39 is 0 Å². The molecular formula is C11H13N3. The van der Waals surface area contributed by atoms with Crippen LogP contribution in [0.25, 0.3) is 0 Å². The van der Waals surface area contributed by atoms with E-state index in [4.69, 9.17) is 0 Å². The molecule has 0 N–H and O–H groups in total. The summed E-state index contributed by atoms with van der Waals surface area (Å²) in [7, 11) is 0. The molecule has 0 spiro atoms. The summed E-state index contributed by atoms with van der Waals surface area (Å²) in [5.41, 5.74) is 1.26. The van der Waals surface area contributed by atoms with Crippen molar-refractivity contribution in [2.24, 2.45) is 4.99 Å². The van der Waals surface area contributed by atoms with Gasteiger partial charge in [0.2, 0.25) is 5.96 Å². The van der Waals surface area contributed by atoms with Gasteiger partial charge in [0, 0.05) is 25.3 Å². The number of para-hydroxylation sites is 1. The second-order valence-electron chi connectivity index (χ2n) is 3.66. The molecule has 72 valence electrons. The predicted molar refractivity (Wildman–Crippen MR) is 57.7 cm³/mol. The Hall–Kier alpha value is -1.51. The summed E-state index contributed by atoms with van der Waals surface area (Å²) < 4.78 is 0. The van der Waals surface area contributed by atoms with Crippen LogP contribution in [0, 0.1) is 0 Å². The molecule has 2 aliphatic heterocycles. The van der Waals surface area contributed by atoms with Crippen LogP contribution in [-0.2, 0) is 0 Å². The Morgan fingerprint density at radius 2 is 1.79 bits per heavy atom. The zero-order valence-electron chi connectivity index (χ0n) is 8.06. The largest absolute Gasteiger partial charge is 0.339 e. The summed E-state index contributed by atoms with van der Waals surface area (Å²) in [5, 5.41) is 0. The molecule has 0 saturated carbocycles. The molecule has 2 heterocycles. The smallest absolute Gasteiger partial charge is 0.201 e. The van der Waals surface area contributed by atoms with Crippen LogP contribution in [0.3, 0.4) is 0 Å². The van der Waals surface area contributed by atoms with Crippen molar-refractivity contribution in [3.05, 3.63) is 30.3 Å². The fraction of sp³-hybridized carbons (Fsp3) is 0.364. The summed E-state index contributed by atoms with van der Waals surface area (Å²) in [6.45, 7) is 4.29. The van der Waals surface area contributed by atoms with Crippen molar-refractivity contribution in [3.8, 4) is 0 Å². The SMILES string of the molecule is c1ccc(N2CCN=C2N2CC2)cc1. The van der Waals surface area contributed by atoms with Crippen LogP contribution in [-0.4, -0.2) is 37.0 Å². The zero-order chi connectivity index (χ0) is 9.38. The van der Waals surface area contributed by atoms with Crippen molar-refractivity contribution in [3.63, 3.8) is 0 Å². The number of guanidine groups is 1. The maximum atomic E-state index is 4.52. The lowest BCUT2D eigenvalue weighted by Crippen LogP contribution is -2.32. The molecule has 14 heavy (non-hydrogen) atoms. The topological polar surface area (TPSA) is 18.6 Å². The normalized spacial score (nSPS) is 19.9. The second-order valence-corrected chi connectivity index (χ2v) is 3.66. The van der Waals surface area contributed by atoms with Crippen molar-refractivity contribution in [1.29, 1.82) is 0 Å². The zero-order valence-corrected chi connectivity index (χ0v) is 8.06. The average Bonchev–Trinajstić information content (AvgIpc) is 2.98. The molecule has 3 heteroatoms. The quantitative estimate of drug-likeness (QED) is 0.615. The van der Waals surface area contributed by atoms with Crippen LogP contribution in [0.1, 0.15) is 0 Å².